The first kappa shape index (κ1) is 15.1. The Hall–Kier alpha value is -2.31. The van der Waals surface area contributed by atoms with E-state index in [2.05, 4.69) is 0 Å². The van der Waals surface area contributed by atoms with Crippen LogP contribution in [-0.2, 0) is 20.9 Å². The van der Waals surface area contributed by atoms with E-state index in [1.807, 2.05) is 0 Å². The molecule has 0 spiro atoms. The van der Waals surface area contributed by atoms with Crippen molar-refractivity contribution in [3.05, 3.63) is 28.7 Å². The summed E-state index contributed by atoms with van der Waals surface area (Å²) in [4.78, 5) is 36.7. The highest BCUT2D eigenvalue weighted by Gasteiger charge is 2.18. The Morgan fingerprint density at radius 1 is 1.19 bits per heavy atom. The van der Waals surface area contributed by atoms with E-state index >= 15 is 0 Å². The molecule has 0 aromatic carbocycles. The lowest BCUT2D eigenvalue weighted by molar-refractivity contribution is -0.152. The first-order chi connectivity index (χ1) is 10.1. The van der Waals surface area contributed by atoms with Crippen molar-refractivity contribution < 1.29 is 14.3 Å². The zero-order valence-electron chi connectivity index (χ0n) is 11.8. The van der Waals surface area contributed by atoms with Gasteiger partial charge in [0.25, 0.3) is 11.5 Å². The second kappa shape index (κ2) is 6.92. The highest BCUT2D eigenvalue weighted by molar-refractivity contribution is 5.80. The van der Waals surface area contributed by atoms with Crippen LogP contribution in [0.1, 0.15) is 19.3 Å². The van der Waals surface area contributed by atoms with Gasteiger partial charge in [-0.05, 0) is 25.3 Å². The number of carbonyl (C=O) groups excluding carboxylic acids is 2. The number of nitrogens with two attached hydrogens (primary N) is 1. The Labute approximate surface area is 122 Å². The Kier molecular flexibility index (Phi) is 4.97. The number of nitrogen functional groups attached to an aromatic ring is 1. The van der Waals surface area contributed by atoms with Crippen LogP contribution in [0.3, 0.4) is 0 Å². The molecule has 7 heteroatoms. The van der Waals surface area contributed by atoms with Crippen LogP contribution in [0.25, 0.3) is 0 Å². The number of hydrogen-bond acceptors (Lipinski definition) is 5. The Balaban J connectivity index is 1.83. The Morgan fingerprint density at radius 2 is 1.90 bits per heavy atom. The molecule has 0 radical (unpaired) electrons. The number of pyridine rings is 1. The molecule has 1 amide bonds. The van der Waals surface area contributed by atoms with Crippen LogP contribution < -0.4 is 11.3 Å². The molecular weight excluding hydrogens is 274 g/mol. The summed E-state index contributed by atoms with van der Waals surface area (Å²) in [6, 6.07) is 2.74. The lowest BCUT2D eigenvalue weighted by Gasteiger charge is -2.26. The third-order valence-electron chi connectivity index (χ3n) is 3.37. The minimum atomic E-state index is -0.631. The lowest BCUT2D eigenvalue weighted by Crippen LogP contribution is -2.38. The molecule has 0 unspecified atom stereocenters. The highest BCUT2D eigenvalue weighted by Crippen LogP contribution is 2.08. The number of ether oxygens (including phenoxy) is 1. The summed E-state index contributed by atoms with van der Waals surface area (Å²) < 4.78 is 6.08. The van der Waals surface area contributed by atoms with Crippen molar-refractivity contribution in [2.45, 2.75) is 25.8 Å². The predicted octanol–water partition coefficient (Wildman–Crippen LogP) is -0.0138. The minimum absolute atomic E-state index is 0.192. The number of hydrogen-bond donors (Lipinski definition) is 1. The third kappa shape index (κ3) is 4.34. The van der Waals surface area contributed by atoms with Crippen LogP contribution in [0, 0.1) is 0 Å². The van der Waals surface area contributed by atoms with Crippen LogP contribution in [0.4, 0.5) is 5.69 Å². The molecule has 0 saturated carbocycles. The molecule has 1 fully saturated rings. The molecule has 1 saturated heterocycles. The molecule has 0 bridgehead atoms. The quantitative estimate of drug-likeness (QED) is 0.788. The van der Waals surface area contributed by atoms with Crippen LogP contribution in [0.2, 0.25) is 0 Å². The SMILES string of the molecule is Nc1ccc(=O)n(CC(=O)OCC(=O)N2CCCCC2)c1. The molecule has 1 aliphatic rings. The second-order valence-electron chi connectivity index (χ2n) is 5.03. The maximum atomic E-state index is 11.8. The van der Waals surface area contributed by atoms with Gasteiger partial charge in [0, 0.05) is 31.0 Å². The summed E-state index contributed by atoms with van der Waals surface area (Å²) in [5.74, 6) is -0.823. The van der Waals surface area contributed by atoms with Crippen LogP contribution in [0.5, 0.6) is 0 Å². The van der Waals surface area contributed by atoms with Gasteiger partial charge in [0.05, 0.1) is 0 Å². The summed E-state index contributed by atoms with van der Waals surface area (Å²) in [6.45, 7) is 0.892. The fraction of sp³-hybridized carbons (Fsp3) is 0.500. The molecule has 7 nitrogen and oxygen atoms in total. The van der Waals surface area contributed by atoms with Crippen LogP contribution >= 0.6 is 0 Å². The van der Waals surface area contributed by atoms with E-state index in [1.165, 1.54) is 18.3 Å². The van der Waals surface area contributed by atoms with E-state index in [1.54, 1.807) is 4.90 Å². The molecule has 1 aromatic heterocycles. The largest absolute Gasteiger partial charge is 0.454 e. The molecular formula is C14H19N3O4. The van der Waals surface area contributed by atoms with E-state index in [0.29, 0.717) is 18.8 Å². The van der Waals surface area contributed by atoms with E-state index in [4.69, 9.17) is 10.5 Å². The fourth-order valence-corrected chi connectivity index (χ4v) is 2.23. The van der Waals surface area contributed by atoms with E-state index in [-0.39, 0.29) is 24.6 Å². The summed E-state index contributed by atoms with van der Waals surface area (Å²) in [6.07, 6.45) is 4.47. The van der Waals surface area contributed by atoms with Crippen molar-refractivity contribution in [3.63, 3.8) is 0 Å². The van der Waals surface area contributed by atoms with Crippen LogP contribution in [-0.4, -0.2) is 41.0 Å². The topological polar surface area (TPSA) is 94.6 Å². The zero-order valence-corrected chi connectivity index (χ0v) is 11.8. The first-order valence-corrected chi connectivity index (χ1v) is 6.95. The number of piperidine rings is 1. The molecule has 114 valence electrons. The second-order valence-corrected chi connectivity index (χ2v) is 5.03. The summed E-state index contributed by atoms with van der Waals surface area (Å²) >= 11 is 0. The molecule has 2 rings (SSSR count). The Bertz CT molecular complexity index is 576. The summed E-state index contributed by atoms with van der Waals surface area (Å²) in [5.41, 5.74) is 5.59. The van der Waals surface area contributed by atoms with E-state index in [0.717, 1.165) is 23.8 Å². The summed E-state index contributed by atoms with van der Waals surface area (Å²) in [7, 11) is 0. The number of aromatic nitrogens is 1. The molecule has 1 aliphatic heterocycles. The van der Waals surface area contributed by atoms with Gasteiger partial charge in [-0.15, -0.1) is 0 Å². The van der Waals surface area contributed by atoms with Crippen molar-refractivity contribution in [1.29, 1.82) is 0 Å². The number of esters is 1. The average molecular weight is 293 g/mol. The number of nitrogens with zero attached hydrogens (tertiary/aromatic N) is 2. The fourth-order valence-electron chi connectivity index (χ4n) is 2.23. The van der Waals surface area contributed by atoms with Gasteiger partial charge < -0.3 is 19.9 Å². The standard InChI is InChI=1S/C14H19N3O4/c15-11-4-5-12(18)17(8-11)9-14(20)21-10-13(19)16-6-2-1-3-7-16/h4-5,8H,1-3,6-7,9-10,15H2. The van der Waals surface area contributed by atoms with Gasteiger partial charge in [0.2, 0.25) is 0 Å². The highest BCUT2D eigenvalue weighted by atomic mass is 16.5. The van der Waals surface area contributed by atoms with Crippen LogP contribution in [0.15, 0.2) is 23.1 Å². The number of amides is 1. The Morgan fingerprint density at radius 3 is 2.62 bits per heavy atom. The first-order valence-electron chi connectivity index (χ1n) is 6.95. The van der Waals surface area contributed by atoms with Gasteiger partial charge in [0.15, 0.2) is 6.61 Å². The van der Waals surface area contributed by atoms with Gasteiger partial charge >= 0.3 is 5.97 Å². The summed E-state index contributed by atoms with van der Waals surface area (Å²) in [5, 5.41) is 0. The maximum Gasteiger partial charge on any atom is 0.326 e. The zero-order chi connectivity index (χ0) is 15.2. The van der Waals surface area contributed by atoms with Gasteiger partial charge in [-0.2, -0.15) is 0 Å². The molecule has 21 heavy (non-hydrogen) atoms. The van der Waals surface area contributed by atoms with Gasteiger partial charge in [0.1, 0.15) is 6.54 Å². The van der Waals surface area contributed by atoms with Gasteiger partial charge in [-0.3, -0.25) is 14.4 Å². The number of carbonyl (C=O) groups is 2. The number of rotatable bonds is 4. The normalized spacial score (nSPS) is 14.8. The predicted molar refractivity (Wildman–Crippen MR) is 76.5 cm³/mol. The molecule has 2 heterocycles. The molecule has 0 atom stereocenters. The van der Waals surface area contributed by atoms with Crippen molar-refractivity contribution in [2.75, 3.05) is 25.4 Å². The number of likely N-dealkylation sites (tertiary alicyclic amines) is 1. The van der Waals surface area contributed by atoms with Crippen molar-refractivity contribution in [3.8, 4) is 0 Å². The average Bonchev–Trinajstić information content (AvgIpc) is 2.49. The monoisotopic (exact) mass is 293 g/mol. The van der Waals surface area contributed by atoms with E-state index in [9.17, 15) is 14.4 Å². The smallest absolute Gasteiger partial charge is 0.326 e. The molecule has 0 aliphatic carbocycles. The van der Waals surface area contributed by atoms with Gasteiger partial charge in [-0.1, -0.05) is 0 Å². The third-order valence-corrected chi connectivity index (χ3v) is 3.37. The van der Waals surface area contributed by atoms with Crippen molar-refractivity contribution in [1.82, 2.24) is 9.47 Å². The lowest BCUT2D eigenvalue weighted by atomic mass is 10.1. The number of anilines is 1. The molecule has 1 aromatic rings. The van der Waals surface area contributed by atoms with Gasteiger partial charge in [-0.25, -0.2) is 0 Å². The molecule has 2 N–H and O–H groups in total. The van der Waals surface area contributed by atoms with Crippen molar-refractivity contribution in [2.24, 2.45) is 0 Å². The minimum Gasteiger partial charge on any atom is -0.454 e. The van der Waals surface area contributed by atoms with Crippen molar-refractivity contribution >= 4 is 17.6 Å². The maximum absolute atomic E-state index is 11.8. The van der Waals surface area contributed by atoms with E-state index < -0.39 is 5.97 Å².